The van der Waals surface area contributed by atoms with Gasteiger partial charge in [0.1, 0.15) is 22.2 Å². The Labute approximate surface area is 365 Å². The van der Waals surface area contributed by atoms with Gasteiger partial charge in [-0.25, -0.2) is 15.0 Å². The predicted molar refractivity (Wildman–Crippen MR) is 234 cm³/mol. The zero-order valence-corrected chi connectivity index (χ0v) is 33.9. The molecule has 64 heavy (non-hydrogen) atoms. The fraction of sp³-hybridized carbons (Fsp3) is 0.0217. The summed E-state index contributed by atoms with van der Waals surface area (Å²) < 4.78 is 28.4. The summed E-state index contributed by atoms with van der Waals surface area (Å²) in [6, 6.07) is 30.3. The van der Waals surface area contributed by atoms with Crippen LogP contribution < -0.4 is 17.2 Å². The molecular weight excluding hydrogens is 842 g/mol. The van der Waals surface area contributed by atoms with Crippen LogP contribution in [0.4, 0.5) is 8.78 Å². The molecule has 0 aliphatic carbocycles. The van der Waals surface area contributed by atoms with Crippen LogP contribution in [0.3, 0.4) is 0 Å². The van der Waals surface area contributed by atoms with Crippen LogP contribution >= 0.6 is 11.6 Å². The molecule has 18 heteroatoms. The first-order valence-electron chi connectivity index (χ1n) is 18.6. The van der Waals surface area contributed by atoms with Crippen molar-refractivity contribution in [3.63, 3.8) is 0 Å². The highest BCUT2D eigenvalue weighted by atomic mass is 35.5. The second-order valence-corrected chi connectivity index (χ2v) is 14.3. The summed E-state index contributed by atoms with van der Waals surface area (Å²) in [7, 11) is 1.70. The minimum Gasteiger partial charge on any atom is -0.364 e. The number of rotatable bonds is 6. The molecule has 0 aliphatic rings. The van der Waals surface area contributed by atoms with E-state index in [0.29, 0.717) is 77.3 Å². The Morgan fingerprint density at radius 3 is 1.50 bits per heavy atom. The third-order valence-corrected chi connectivity index (χ3v) is 10.1. The van der Waals surface area contributed by atoms with Crippen molar-refractivity contribution in [2.75, 3.05) is 0 Å². The molecule has 15 nitrogen and oxygen atoms in total. The molecule has 8 N–H and O–H groups in total. The molecule has 0 unspecified atom stereocenters. The van der Waals surface area contributed by atoms with E-state index in [2.05, 4.69) is 37.1 Å². The molecule has 0 fully saturated rings. The molecule has 6 heterocycles. The first kappa shape index (κ1) is 42.9. The highest BCUT2D eigenvalue weighted by Gasteiger charge is 2.17. The average molecular weight is 871 g/mol. The van der Waals surface area contributed by atoms with E-state index in [-0.39, 0.29) is 5.69 Å². The molecule has 0 atom stereocenters. The second kappa shape index (κ2) is 17.8. The van der Waals surface area contributed by atoms with Crippen LogP contribution in [0.5, 0.6) is 0 Å². The number of aromatic amines is 2. The number of primary amides is 3. The van der Waals surface area contributed by atoms with Gasteiger partial charge in [0, 0.05) is 76.2 Å². The van der Waals surface area contributed by atoms with Crippen LogP contribution in [0.2, 0.25) is 5.15 Å². The van der Waals surface area contributed by atoms with Crippen LogP contribution in [0.25, 0.3) is 66.1 Å². The molecule has 9 rings (SSSR count). The van der Waals surface area contributed by atoms with Crippen LogP contribution in [-0.2, 0) is 7.05 Å². The molecule has 6 aromatic heterocycles. The van der Waals surface area contributed by atoms with Gasteiger partial charge < -0.3 is 31.7 Å². The third kappa shape index (κ3) is 8.80. The Balaban J connectivity index is 0.000000144. The van der Waals surface area contributed by atoms with Gasteiger partial charge >= 0.3 is 0 Å². The van der Waals surface area contributed by atoms with Crippen LogP contribution in [0.15, 0.2) is 110 Å². The number of amides is 3. The Morgan fingerprint density at radius 2 is 1.06 bits per heavy atom. The number of aromatic nitrogens is 6. The van der Waals surface area contributed by atoms with Crippen LogP contribution in [-0.4, -0.2) is 47.2 Å². The van der Waals surface area contributed by atoms with Crippen molar-refractivity contribution in [2.45, 2.75) is 0 Å². The first-order valence-corrected chi connectivity index (χ1v) is 19.0. The maximum atomic E-state index is 13.4. The van der Waals surface area contributed by atoms with Gasteiger partial charge in [-0.15, -0.1) is 0 Å². The molecule has 312 valence electrons. The number of nitriles is 3. The van der Waals surface area contributed by atoms with Crippen molar-refractivity contribution in [1.29, 1.82) is 15.8 Å². The van der Waals surface area contributed by atoms with Gasteiger partial charge in [0.2, 0.25) is 11.9 Å². The summed E-state index contributed by atoms with van der Waals surface area (Å²) in [5.74, 6) is -2.95. The molecule has 0 bridgehead atoms. The van der Waals surface area contributed by atoms with Crippen molar-refractivity contribution < 1.29 is 23.2 Å². The molecule has 0 saturated carbocycles. The summed E-state index contributed by atoms with van der Waals surface area (Å²) >= 11 is 5.79. The van der Waals surface area contributed by atoms with Gasteiger partial charge in [-0.3, -0.25) is 14.4 Å². The number of aryl methyl sites for hydroxylation is 1. The van der Waals surface area contributed by atoms with Crippen molar-refractivity contribution >= 4 is 62.0 Å². The van der Waals surface area contributed by atoms with Crippen LogP contribution in [0, 0.1) is 45.9 Å². The van der Waals surface area contributed by atoms with Crippen molar-refractivity contribution in [3.05, 3.63) is 160 Å². The minimum absolute atomic E-state index is 0.232. The number of halogens is 3. The maximum absolute atomic E-state index is 13.4. The smallest absolute Gasteiger partial charge is 0.265 e. The molecule has 9 aromatic rings. The van der Waals surface area contributed by atoms with E-state index >= 15 is 0 Å². The summed E-state index contributed by atoms with van der Waals surface area (Å²) in [6.45, 7) is 0. The summed E-state index contributed by atoms with van der Waals surface area (Å²) in [6.07, 6.45) is 4.31. The number of hydrogen-bond acceptors (Lipinski definition) is 9. The number of fused-ring (bicyclic) bond motifs is 3. The predicted octanol–water partition coefficient (Wildman–Crippen LogP) is 7.54. The highest BCUT2D eigenvalue weighted by molar-refractivity contribution is 6.29. The zero-order valence-electron chi connectivity index (χ0n) is 33.1. The van der Waals surface area contributed by atoms with Gasteiger partial charge in [-0.2, -0.15) is 24.6 Å². The van der Waals surface area contributed by atoms with E-state index in [1.54, 1.807) is 96.7 Å². The normalized spacial score (nSPS) is 10.5. The lowest BCUT2D eigenvalue weighted by molar-refractivity contribution is 0.0985. The Hall–Kier alpha value is -9.24. The third-order valence-electron chi connectivity index (χ3n) is 9.87. The number of pyridine rings is 3. The standard InChI is InChI=1S/C16H11FN4O.C15H9ClN4O.C15H9FN4O/c1-21-13(16(19)22)6-11-4-9(8-18)5-12(15(11)21)10-2-3-20-14(17)7-10;16-13-2-1-9(7-19-13)11-4-8(6-17)3-10-5-12(15(18)21)20-14(10)11;16-13-6-9(1-2-19-13)11-4-8(7-17)3-10-5-12(15(18)21)20-14(10)11/h2-7H,1H3,(H2,19,22);1-5,7,20H,(H2,18,21);1-6,20H,(H2,18,21). The SMILES string of the molecule is Cn1c(C(N)=O)cc2cc(C#N)cc(-c3ccnc(F)c3)c21.N#Cc1cc(-c2ccc(Cl)nc2)c2[nH]c(C(N)=O)cc2c1.N#Cc1cc(-c2ccnc(F)c2)c2[nH]c(C(N)=O)cc2c1. The zero-order chi connectivity index (χ0) is 45.8. The van der Waals surface area contributed by atoms with Crippen molar-refractivity contribution in [3.8, 4) is 51.6 Å². The molecule has 3 aromatic carbocycles. The van der Waals surface area contributed by atoms with Crippen molar-refractivity contribution in [1.82, 2.24) is 29.5 Å². The monoisotopic (exact) mass is 870 g/mol. The number of hydrogen-bond donors (Lipinski definition) is 5. The van der Waals surface area contributed by atoms with E-state index < -0.39 is 29.6 Å². The van der Waals surface area contributed by atoms with Crippen molar-refractivity contribution in [2.24, 2.45) is 24.2 Å². The number of carbonyl (C=O) groups excluding carboxylic acids is 3. The van der Waals surface area contributed by atoms with E-state index in [9.17, 15) is 28.4 Å². The number of benzene rings is 3. The van der Waals surface area contributed by atoms with E-state index in [4.69, 9.17) is 39.3 Å². The maximum Gasteiger partial charge on any atom is 0.265 e. The Morgan fingerprint density at radius 1 is 0.594 bits per heavy atom. The molecule has 3 amide bonds. The Kier molecular flexibility index (Phi) is 11.9. The number of nitrogens with two attached hydrogens (primary N) is 3. The summed E-state index contributed by atoms with van der Waals surface area (Å²) in [5, 5.41) is 29.9. The summed E-state index contributed by atoms with van der Waals surface area (Å²) in [5.41, 5.74) is 24.1. The molecule has 0 saturated heterocycles. The quantitative estimate of drug-likeness (QED) is 0.103. The largest absolute Gasteiger partial charge is 0.364 e. The highest BCUT2D eigenvalue weighted by Crippen LogP contribution is 2.34. The Bertz CT molecular complexity index is 3480. The lowest BCUT2D eigenvalue weighted by atomic mass is 10.0. The second-order valence-electron chi connectivity index (χ2n) is 13.9. The first-order chi connectivity index (χ1) is 30.7. The minimum atomic E-state index is -0.621. The van der Waals surface area contributed by atoms with E-state index in [0.717, 1.165) is 22.0 Å². The fourth-order valence-electron chi connectivity index (χ4n) is 7.04. The molecule has 0 aliphatic heterocycles. The van der Waals surface area contributed by atoms with E-state index in [1.165, 1.54) is 24.5 Å². The number of H-pyrrole nitrogens is 2. The van der Waals surface area contributed by atoms with Crippen LogP contribution in [0.1, 0.15) is 48.2 Å². The van der Waals surface area contributed by atoms with Gasteiger partial charge in [-0.1, -0.05) is 11.6 Å². The lowest BCUT2D eigenvalue weighted by Crippen LogP contribution is -2.15. The van der Waals surface area contributed by atoms with Gasteiger partial charge in [-0.05, 0) is 90.0 Å². The van der Waals surface area contributed by atoms with E-state index in [1.807, 2.05) is 6.07 Å². The topological polar surface area (TPSA) is 276 Å². The molecule has 0 spiro atoms. The average Bonchev–Trinajstić information content (AvgIpc) is 4.02. The van der Waals surface area contributed by atoms with Gasteiger partial charge in [0.15, 0.2) is 0 Å². The fourth-order valence-corrected chi connectivity index (χ4v) is 7.15. The number of carbonyl (C=O) groups is 3. The number of nitrogens with zero attached hydrogens (tertiary/aromatic N) is 7. The molecule has 0 radical (unpaired) electrons. The van der Waals surface area contributed by atoms with Gasteiger partial charge in [0.25, 0.3) is 17.7 Å². The number of nitrogens with one attached hydrogen (secondary N) is 2. The molecular formula is C46H29ClF2N12O3. The van der Waals surface area contributed by atoms with Gasteiger partial charge in [0.05, 0.1) is 51.4 Å². The summed E-state index contributed by atoms with van der Waals surface area (Å²) in [4.78, 5) is 51.1. The lowest BCUT2D eigenvalue weighted by Gasteiger charge is -2.08.